The van der Waals surface area contributed by atoms with Crippen LogP contribution in [0.3, 0.4) is 0 Å². The van der Waals surface area contributed by atoms with Crippen molar-refractivity contribution in [3.8, 4) is 6.19 Å². The van der Waals surface area contributed by atoms with Crippen LogP contribution < -0.4 is 10.6 Å². The van der Waals surface area contributed by atoms with Crippen molar-refractivity contribution in [2.45, 2.75) is 0 Å². The minimum atomic E-state index is 0.458. The third-order valence-electron chi connectivity index (χ3n) is 1.95. The summed E-state index contributed by atoms with van der Waals surface area (Å²) in [5.41, 5.74) is 0.904. The van der Waals surface area contributed by atoms with Crippen LogP contribution in [0.25, 0.3) is 0 Å². The molecule has 0 unspecified atom stereocenters. The maximum absolute atomic E-state index is 8.49. The van der Waals surface area contributed by atoms with Gasteiger partial charge in [0.1, 0.15) is 18.0 Å². The zero-order valence-electron chi connectivity index (χ0n) is 8.68. The van der Waals surface area contributed by atoms with Crippen molar-refractivity contribution >= 4 is 33.3 Å². The lowest BCUT2D eigenvalue weighted by Gasteiger charge is -2.06. The topological polar surface area (TPSA) is 73.6 Å². The maximum Gasteiger partial charge on any atom is 0.182 e. The zero-order chi connectivity index (χ0) is 12.1. The molecule has 0 saturated heterocycles. The van der Waals surface area contributed by atoms with E-state index < -0.39 is 0 Å². The molecule has 2 aromatic rings. The Bertz CT molecular complexity index is 564. The Morgan fingerprint density at radius 3 is 2.76 bits per heavy atom. The largest absolute Gasteiger partial charge is 0.340 e. The predicted octanol–water partition coefficient (Wildman–Crippen LogP) is 2.88. The lowest BCUT2D eigenvalue weighted by molar-refractivity contribution is 1.17. The molecule has 84 valence electrons. The molecule has 2 N–H and O–H groups in total. The van der Waals surface area contributed by atoms with Crippen LogP contribution >= 0.6 is 15.9 Å². The summed E-state index contributed by atoms with van der Waals surface area (Å²) in [5.74, 6) is 1.08. The van der Waals surface area contributed by atoms with Crippen molar-refractivity contribution in [2.75, 3.05) is 10.6 Å². The van der Waals surface area contributed by atoms with Crippen LogP contribution in [0.4, 0.5) is 17.3 Å². The van der Waals surface area contributed by atoms with Crippen molar-refractivity contribution in [1.82, 2.24) is 9.97 Å². The van der Waals surface area contributed by atoms with Crippen LogP contribution in [0.5, 0.6) is 0 Å². The third-order valence-corrected chi connectivity index (χ3v) is 2.44. The van der Waals surface area contributed by atoms with Crippen molar-refractivity contribution in [2.24, 2.45) is 0 Å². The van der Waals surface area contributed by atoms with E-state index in [1.54, 1.807) is 6.07 Å². The first kappa shape index (κ1) is 11.4. The van der Waals surface area contributed by atoms with Crippen molar-refractivity contribution in [3.63, 3.8) is 0 Å². The van der Waals surface area contributed by atoms with Crippen molar-refractivity contribution in [1.29, 1.82) is 5.26 Å². The molecule has 0 fully saturated rings. The summed E-state index contributed by atoms with van der Waals surface area (Å²) in [6.45, 7) is 0. The van der Waals surface area contributed by atoms with E-state index in [2.05, 4.69) is 36.5 Å². The van der Waals surface area contributed by atoms with E-state index in [-0.39, 0.29) is 0 Å². The Morgan fingerprint density at radius 2 is 2.00 bits per heavy atom. The lowest BCUT2D eigenvalue weighted by atomic mass is 10.3. The zero-order valence-corrected chi connectivity index (χ0v) is 10.3. The molecule has 17 heavy (non-hydrogen) atoms. The minimum Gasteiger partial charge on any atom is -0.340 e. The summed E-state index contributed by atoms with van der Waals surface area (Å²) >= 11 is 3.39. The summed E-state index contributed by atoms with van der Waals surface area (Å²) in [7, 11) is 0. The second-order valence-corrected chi connectivity index (χ2v) is 4.08. The second-order valence-electron chi connectivity index (χ2n) is 3.16. The average Bonchev–Trinajstić information content (AvgIpc) is 2.30. The molecule has 0 amide bonds. The molecule has 0 aliphatic carbocycles. The Labute approximate surface area is 107 Å². The number of nitrogens with zero attached hydrogens (tertiary/aromatic N) is 3. The van der Waals surface area contributed by atoms with Gasteiger partial charge in [-0.3, -0.25) is 5.32 Å². The molecule has 0 radical (unpaired) electrons. The molecular weight excluding hydrogens is 282 g/mol. The SMILES string of the molecule is N#CNc1cc(Nc2cccc(Br)c2)ncn1. The number of hydrogen-bond donors (Lipinski definition) is 2. The first-order valence-corrected chi connectivity index (χ1v) is 5.57. The number of nitriles is 1. The van der Waals surface area contributed by atoms with Crippen LogP contribution in [0, 0.1) is 11.5 Å². The Kier molecular flexibility index (Phi) is 3.52. The molecule has 5 nitrogen and oxygen atoms in total. The van der Waals surface area contributed by atoms with Gasteiger partial charge >= 0.3 is 0 Å². The van der Waals surface area contributed by atoms with Gasteiger partial charge in [-0.25, -0.2) is 9.97 Å². The summed E-state index contributed by atoms with van der Waals surface area (Å²) in [4.78, 5) is 7.95. The van der Waals surface area contributed by atoms with E-state index in [9.17, 15) is 0 Å². The number of aromatic nitrogens is 2. The Balaban J connectivity index is 2.19. The smallest absolute Gasteiger partial charge is 0.182 e. The van der Waals surface area contributed by atoms with Crippen molar-refractivity contribution < 1.29 is 0 Å². The first-order valence-electron chi connectivity index (χ1n) is 4.77. The van der Waals surface area contributed by atoms with E-state index >= 15 is 0 Å². The number of rotatable bonds is 3. The highest BCUT2D eigenvalue weighted by Gasteiger charge is 1.99. The molecule has 1 aromatic carbocycles. The van der Waals surface area contributed by atoms with Gasteiger partial charge in [-0.15, -0.1) is 0 Å². The molecule has 0 atom stereocenters. The Hall–Kier alpha value is -2.13. The van der Waals surface area contributed by atoms with Gasteiger partial charge in [0.05, 0.1) is 0 Å². The fourth-order valence-corrected chi connectivity index (χ4v) is 1.66. The van der Waals surface area contributed by atoms with Gasteiger partial charge in [-0.1, -0.05) is 22.0 Å². The molecule has 1 heterocycles. The van der Waals surface area contributed by atoms with E-state index in [4.69, 9.17) is 5.26 Å². The van der Waals surface area contributed by atoms with Crippen LogP contribution in [-0.2, 0) is 0 Å². The lowest BCUT2D eigenvalue weighted by Crippen LogP contribution is -1.97. The molecule has 0 aliphatic rings. The number of benzene rings is 1. The molecule has 0 bridgehead atoms. The quantitative estimate of drug-likeness (QED) is 0.671. The van der Waals surface area contributed by atoms with Gasteiger partial charge in [-0.05, 0) is 18.2 Å². The van der Waals surface area contributed by atoms with E-state index in [1.807, 2.05) is 30.5 Å². The average molecular weight is 290 g/mol. The normalized spacial score (nSPS) is 9.41. The number of anilines is 3. The summed E-state index contributed by atoms with van der Waals surface area (Å²) < 4.78 is 0.979. The standard InChI is InChI=1S/C11H8BrN5/c12-8-2-1-3-9(4-8)17-11-5-10(14-6-13)15-7-16-11/h1-5,7H,(H2,14,15,16,17). The maximum atomic E-state index is 8.49. The van der Waals surface area contributed by atoms with Gasteiger partial charge in [-0.2, -0.15) is 5.26 Å². The monoisotopic (exact) mass is 289 g/mol. The molecule has 1 aromatic heterocycles. The highest BCUT2D eigenvalue weighted by molar-refractivity contribution is 9.10. The van der Waals surface area contributed by atoms with Crippen molar-refractivity contribution in [3.05, 3.63) is 41.1 Å². The Morgan fingerprint density at radius 1 is 1.18 bits per heavy atom. The molecule has 6 heteroatoms. The van der Waals surface area contributed by atoms with E-state index in [0.717, 1.165) is 10.2 Å². The highest BCUT2D eigenvalue weighted by atomic mass is 79.9. The number of nitrogens with one attached hydrogen (secondary N) is 2. The summed E-state index contributed by atoms with van der Waals surface area (Å²) in [5, 5.41) is 14.1. The van der Waals surface area contributed by atoms with Gasteiger partial charge in [0.25, 0.3) is 0 Å². The number of hydrogen-bond acceptors (Lipinski definition) is 5. The fourth-order valence-electron chi connectivity index (χ4n) is 1.27. The van der Waals surface area contributed by atoms with Crippen LogP contribution in [0.1, 0.15) is 0 Å². The third kappa shape index (κ3) is 3.16. The predicted molar refractivity (Wildman–Crippen MR) is 68.7 cm³/mol. The molecule has 0 saturated carbocycles. The minimum absolute atomic E-state index is 0.458. The second kappa shape index (κ2) is 5.27. The summed E-state index contributed by atoms with van der Waals surface area (Å²) in [6.07, 6.45) is 3.20. The van der Waals surface area contributed by atoms with Gasteiger partial charge in [0, 0.05) is 16.2 Å². The van der Waals surface area contributed by atoms with Crippen LogP contribution in [-0.4, -0.2) is 9.97 Å². The van der Waals surface area contributed by atoms with E-state index in [1.165, 1.54) is 6.33 Å². The molecule has 2 rings (SSSR count). The van der Waals surface area contributed by atoms with Gasteiger partial charge in [0.2, 0.25) is 0 Å². The highest BCUT2D eigenvalue weighted by Crippen LogP contribution is 2.19. The van der Waals surface area contributed by atoms with Gasteiger partial charge in [0.15, 0.2) is 6.19 Å². The molecule has 0 spiro atoms. The van der Waals surface area contributed by atoms with Crippen LogP contribution in [0.2, 0.25) is 0 Å². The molecular formula is C11H8BrN5. The fraction of sp³-hybridized carbons (Fsp3) is 0. The molecule has 0 aliphatic heterocycles. The first-order chi connectivity index (χ1) is 8.28. The van der Waals surface area contributed by atoms with Crippen LogP contribution in [0.15, 0.2) is 41.1 Å². The van der Waals surface area contributed by atoms with E-state index in [0.29, 0.717) is 11.6 Å². The summed E-state index contributed by atoms with van der Waals surface area (Å²) in [6, 6.07) is 9.36. The number of halogens is 1. The van der Waals surface area contributed by atoms with Gasteiger partial charge < -0.3 is 5.32 Å².